The van der Waals surface area contributed by atoms with Crippen molar-refractivity contribution in [3.05, 3.63) is 64.4 Å². The molecule has 0 radical (unpaired) electrons. The largest absolute Gasteiger partial charge is 0.384 e. The van der Waals surface area contributed by atoms with Crippen LogP contribution in [0.25, 0.3) is 11.4 Å². The van der Waals surface area contributed by atoms with Gasteiger partial charge in [-0.3, -0.25) is 0 Å². The average Bonchev–Trinajstić information content (AvgIpc) is 2.51. The molecule has 1 heterocycles. The molecule has 0 atom stereocenters. The van der Waals surface area contributed by atoms with Crippen molar-refractivity contribution in [2.45, 2.75) is 0 Å². The van der Waals surface area contributed by atoms with E-state index in [9.17, 15) is 4.39 Å². The van der Waals surface area contributed by atoms with Gasteiger partial charge in [0.15, 0.2) is 5.82 Å². The highest BCUT2D eigenvalue weighted by molar-refractivity contribution is 6.42. The lowest BCUT2D eigenvalue weighted by Crippen LogP contribution is -2.01. The number of nitrogen functional groups attached to an aromatic ring is 1. The Hall–Kier alpha value is -2.37. The second-order valence-electron chi connectivity index (χ2n) is 4.76. The van der Waals surface area contributed by atoms with E-state index in [0.29, 0.717) is 38.8 Å². The summed E-state index contributed by atoms with van der Waals surface area (Å²) in [6, 6.07) is 12.6. The SMILES string of the molecule is Nc1cc(Nc2ccc(Cl)c(Cl)c2)nc(-c2ccc(F)cc2)n1. The van der Waals surface area contributed by atoms with Crippen molar-refractivity contribution in [3.8, 4) is 11.4 Å². The second kappa shape index (κ2) is 6.40. The minimum absolute atomic E-state index is 0.293. The Morgan fingerprint density at radius 2 is 1.65 bits per heavy atom. The molecular weight excluding hydrogens is 338 g/mol. The summed E-state index contributed by atoms with van der Waals surface area (Å²) >= 11 is 11.9. The molecule has 0 saturated carbocycles. The zero-order chi connectivity index (χ0) is 16.4. The van der Waals surface area contributed by atoms with Crippen LogP contribution in [0.3, 0.4) is 0 Å². The van der Waals surface area contributed by atoms with Gasteiger partial charge in [-0.25, -0.2) is 14.4 Å². The Morgan fingerprint density at radius 1 is 0.913 bits per heavy atom. The van der Waals surface area contributed by atoms with Crippen LogP contribution in [0.5, 0.6) is 0 Å². The summed E-state index contributed by atoms with van der Waals surface area (Å²) < 4.78 is 13.0. The number of benzene rings is 2. The van der Waals surface area contributed by atoms with E-state index in [0.717, 1.165) is 0 Å². The molecule has 0 spiro atoms. The zero-order valence-electron chi connectivity index (χ0n) is 11.7. The predicted octanol–water partition coefficient (Wildman–Crippen LogP) is 4.92. The molecule has 0 amide bonds. The van der Waals surface area contributed by atoms with Gasteiger partial charge in [-0.15, -0.1) is 0 Å². The standard InChI is InChI=1S/C16H11Cl2FN4/c17-12-6-5-11(7-13(12)18)21-15-8-14(20)22-16(23-15)9-1-3-10(19)4-2-9/h1-8H,(H3,20,21,22,23). The summed E-state index contributed by atoms with van der Waals surface area (Å²) in [5.74, 6) is 0.858. The Labute approximate surface area is 142 Å². The maximum absolute atomic E-state index is 13.0. The van der Waals surface area contributed by atoms with Crippen LogP contribution < -0.4 is 11.1 Å². The summed E-state index contributed by atoms with van der Waals surface area (Å²) in [6.07, 6.45) is 0. The van der Waals surface area contributed by atoms with E-state index in [-0.39, 0.29) is 5.82 Å². The predicted molar refractivity (Wildman–Crippen MR) is 91.6 cm³/mol. The minimum Gasteiger partial charge on any atom is -0.384 e. The van der Waals surface area contributed by atoms with Crippen molar-refractivity contribution < 1.29 is 4.39 Å². The number of rotatable bonds is 3. The van der Waals surface area contributed by atoms with Crippen molar-refractivity contribution in [2.75, 3.05) is 11.1 Å². The summed E-state index contributed by atoms with van der Waals surface area (Å²) in [5.41, 5.74) is 7.20. The molecular formula is C16H11Cl2FN4. The topological polar surface area (TPSA) is 63.8 Å². The fraction of sp³-hybridized carbons (Fsp3) is 0. The molecule has 0 bridgehead atoms. The molecule has 4 nitrogen and oxygen atoms in total. The molecule has 116 valence electrons. The zero-order valence-corrected chi connectivity index (χ0v) is 13.2. The number of anilines is 3. The molecule has 7 heteroatoms. The summed E-state index contributed by atoms with van der Waals surface area (Å²) in [7, 11) is 0. The molecule has 3 rings (SSSR count). The number of hydrogen-bond donors (Lipinski definition) is 2. The third-order valence-corrected chi connectivity index (χ3v) is 3.78. The van der Waals surface area contributed by atoms with Gasteiger partial charge in [0.05, 0.1) is 10.0 Å². The first kappa shape index (κ1) is 15.5. The van der Waals surface area contributed by atoms with Gasteiger partial charge in [0.2, 0.25) is 0 Å². The van der Waals surface area contributed by atoms with E-state index in [1.54, 1.807) is 36.4 Å². The number of aromatic nitrogens is 2. The van der Waals surface area contributed by atoms with E-state index in [2.05, 4.69) is 15.3 Å². The van der Waals surface area contributed by atoms with Crippen LogP contribution in [-0.2, 0) is 0 Å². The molecule has 0 aliphatic heterocycles. The number of nitrogens with zero attached hydrogens (tertiary/aromatic N) is 2. The molecule has 3 aromatic rings. The summed E-state index contributed by atoms with van der Waals surface area (Å²) in [5, 5.41) is 3.98. The van der Waals surface area contributed by atoms with Crippen LogP contribution >= 0.6 is 23.2 Å². The second-order valence-corrected chi connectivity index (χ2v) is 5.58. The van der Waals surface area contributed by atoms with Gasteiger partial charge in [0, 0.05) is 17.3 Å². The fourth-order valence-electron chi connectivity index (χ4n) is 1.98. The van der Waals surface area contributed by atoms with Gasteiger partial charge in [-0.1, -0.05) is 23.2 Å². The lowest BCUT2D eigenvalue weighted by Gasteiger charge is -2.09. The molecule has 0 aliphatic rings. The summed E-state index contributed by atoms with van der Waals surface area (Å²) in [4.78, 5) is 8.54. The Balaban J connectivity index is 1.93. The maximum atomic E-state index is 13.0. The van der Waals surface area contributed by atoms with E-state index >= 15 is 0 Å². The molecule has 0 aliphatic carbocycles. The van der Waals surface area contributed by atoms with Crippen LogP contribution in [0.15, 0.2) is 48.5 Å². The number of halogens is 3. The number of nitrogens with two attached hydrogens (primary N) is 1. The van der Waals surface area contributed by atoms with Gasteiger partial charge < -0.3 is 11.1 Å². The molecule has 2 aromatic carbocycles. The first-order valence-corrected chi connectivity index (χ1v) is 7.39. The molecule has 0 fully saturated rings. The van der Waals surface area contributed by atoms with E-state index in [4.69, 9.17) is 28.9 Å². The van der Waals surface area contributed by atoms with Crippen LogP contribution in [0.4, 0.5) is 21.7 Å². The van der Waals surface area contributed by atoms with Gasteiger partial charge in [-0.2, -0.15) is 0 Å². The van der Waals surface area contributed by atoms with Gasteiger partial charge in [0.25, 0.3) is 0 Å². The van der Waals surface area contributed by atoms with Crippen molar-refractivity contribution in [3.63, 3.8) is 0 Å². The smallest absolute Gasteiger partial charge is 0.163 e. The Kier molecular flexibility index (Phi) is 4.32. The quantitative estimate of drug-likeness (QED) is 0.705. The fourth-order valence-corrected chi connectivity index (χ4v) is 2.28. The monoisotopic (exact) mass is 348 g/mol. The highest BCUT2D eigenvalue weighted by atomic mass is 35.5. The van der Waals surface area contributed by atoms with Crippen LogP contribution in [0.2, 0.25) is 10.0 Å². The van der Waals surface area contributed by atoms with Crippen molar-refractivity contribution in [1.82, 2.24) is 9.97 Å². The van der Waals surface area contributed by atoms with Crippen LogP contribution in [0.1, 0.15) is 0 Å². The number of hydrogen-bond acceptors (Lipinski definition) is 4. The van der Waals surface area contributed by atoms with Crippen molar-refractivity contribution in [1.29, 1.82) is 0 Å². The van der Waals surface area contributed by atoms with E-state index < -0.39 is 0 Å². The highest BCUT2D eigenvalue weighted by Crippen LogP contribution is 2.27. The molecule has 23 heavy (non-hydrogen) atoms. The molecule has 3 N–H and O–H groups in total. The Morgan fingerprint density at radius 3 is 2.35 bits per heavy atom. The maximum Gasteiger partial charge on any atom is 0.163 e. The van der Waals surface area contributed by atoms with Crippen molar-refractivity contribution >= 4 is 40.5 Å². The Bertz CT molecular complexity index is 853. The lowest BCUT2D eigenvalue weighted by molar-refractivity contribution is 0.628. The first-order valence-electron chi connectivity index (χ1n) is 6.64. The molecule has 0 unspecified atom stereocenters. The summed E-state index contributed by atoms with van der Waals surface area (Å²) in [6.45, 7) is 0. The number of nitrogens with one attached hydrogen (secondary N) is 1. The minimum atomic E-state index is -0.327. The van der Waals surface area contributed by atoms with Crippen LogP contribution in [0, 0.1) is 5.82 Å². The van der Waals surface area contributed by atoms with Crippen molar-refractivity contribution in [2.24, 2.45) is 0 Å². The van der Waals surface area contributed by atoms with Gasteiger partial charge in [0.1, 0.15) is 17.5 Å². The van der Waals surface area contributed by atoms with E-state index in [1.807, 2.05) is 0 Å². The van der Waals surface area contributed by atoms with Crippen LogP contribution in [-0.4, -0.2) is 9.97 Å². The highest BCUT2D eigenvalue weighted by Gasteiger charge is 2.07. The average molecular weight is 349 g/mol. The lowest BCUT2D eigenvalue weighted by atomic mass is 10.2. The van der Waals surface area contributed by atoms with E-state index in [1.165, 1.54) is 12.1 Å². The van der Waals surface area contributed by atoms with Gasteiger partial charge >= 0.3 is 0 Å². The third-order valence-electron chi connectivity index (χ3n) is 3.04. The third kappa shape index (κ3) is 3.70. The normalized spacial score (nSPS) is 10.6. The molecule has 0 saturated heterocycles. The first-order chi connectivity index (χ1) is 11.0. The van der Waals surface area contributed by atoms with Gasteiger partial charge in [-0.05, 0) is 42.5 Å². The molecule has 1 aromatic heterocycles.